The van der Waals surface area contributed by atoms with Gasteiger partial charge in [0.1, 0.15) is 10.8 Å². The molecule has 1 amide bonds. The lowest BCUT2D eigenvalue weighted by Crippen LogP contribution is -2.30. The number of esters is 1. The number of Topliss-reactive ketones (excluding diaryl/α,β-unsaturated/α-hetero) is 1. The van der Waals surface area contributed by atoms with Crippen molar-refractivity contribution in [2.24, 2.45) is 0 Å². The van der Waals surface area contributed by atoms with Gasteiger partial charge in [0.15, 0.2) is 5.78 Å². The highest BCUT2D eigenvalue weighted by Crippen LogP contribution is 2.34. The third-order valence-corrected chi connectivity index (χ3v) is 5.32. The number of hydrogen-bond acceptors (Lipinski definition) is 6. The number of carbonyl (C=O) groups excluding carboxylic acids is 3. The predicted molar refractivity (Wildman–Crippen MR) is 106 cm³/mol. The van der Waals surface area contributed by atoms with Gasteiger partial charge in [-0.15, -0.1) is 11.3 Å². The van der Waals surface area contributed by atoms with Crippen molar-refractivity contribution >= 4 is 34.0 Å². The molecular formula is C20H23FN2O4S. The van der Waals surface area contributed by atoms with Gasteiger partial charge in [-0.05, 0) is 39.4 Å². The minimum absolute atomic E-state index is 0.0110. The Morgan fingerprint density at radius 1 is 1.25 bits per heavy atom. The molecule has 0 spiro atoms. The first-order valence-electron chi connectivity index (χ1n) is 8.77. The quantitative estimate of drug-likeness (QED) is 0.535. The highest BCUT2D eigenvalue weighted by molar-refractivity contribution is 7.18. The summed E-state index contributed by atoms with van der Waals surface area (Å²) in [5.74, 6) is -1.48. The number of anilines is 1. The molecule has 1 aromatic heterocycles. The summed E-state index contributed by atoms with van der Waals surface area (Å²) < 4.78 is 18.8. The van der Waals surface area contributed by atoms with Gasteiger partial charge in [-0.25, -0.2) is 9.18 Å². The Bertz CT molecular complexity index is 894. The van der Waals surface area contributed by atoms with Gasteiger partial charge in [0, 0.05) is 12.1 Å². The fourth-order valence-corrected chi connectivity index (χ4v) is 3.88. The Balaban J connectivity index is 2.14. The van der Waals surface area contributed by atoms with Gasteiger partial charge in [-0.1, -0.05) is 18.2 Å². The van der Waals surface area contributed by atoms with Crippen LogP contribution in [0.1, 0.15) is 45.0 Å². The smallest absolute Gasteiger partial charge is 0.341 e. The van der Waals surface area contributed by atoms with Gasteiger partial charge in [-0.3, -0.25) is 14.5 Å². The highest BCUT2D eigenvalue weighted by Gasteiger charge is 2.25. The summed E-state index contributed by atoms with van der Waals surface area (Å²) >= 11 is 1.05. The standard InChI is InChI=1S/C20H23FN2O4S/c1-5-27-20(26)17-12(2)18(13(3)24)28-19(17)22-16(25)11-23(4)10-14-8-6-7-9-15(14)21/h6-9H,5,10-11H2,1-4H3,(H,22,25). The highest BCUT2D eigenvalue weighted by atomic mass is 32.1. The number of carbonyl (C=O) groups is 3. The average Bonchev–Trinajstić information content (AvgIpc) is 2.93. The Hall–Kier alpha value is -2.58. The van der Waals surface area contributed by atoms with Crippen LogP contribution in [-0.2, 0) is 16.1 Å². The maximum Gasteiger partial charge on any atom is 0.341 e. The number of thiophene rings is 1. The van der Waals surface area contributed by atoms with E-state index in [4.69, 9.17) is 4.74 Å². The van der Waals surface area contributed by atoms with E-state index in [1.807, 2.05) is 0 Å². The van der Waals surface area contributed by atoms with Gasteiger partial charge in [-0.2, -0.15) is 0 Å². The molecule has 0 saturated carbocycles. The van der Waals surface area contributed by atoms with Crippen molar-refractivity contribution in [3.63, 3.8) is 0 Å². The van der Waals surface area contributed by atoms with Crippen molar-refractivity contribution in [3.05, 3.63) is 51.7 Å². The Labute approximate surface area is 167 Å². The van der Waals surface area contributed by atoms with Crippen LogP contribution in [0.2, 0.25) is 0 Å². The monoisotopic (exact) mass is 406 g/mol. The fourth-order valence-electron chi connectivity index (χ4n) is 2.77. The number of nitrogens with zero attached hydrogens (tertiary/aromatic N) is 1. The number of nitrogens with one attached hydrogen (secondary N) is 1. The maximum absolute atomic E-state index is 13.8. The van der Waals surface area contributed by atoms with Crippen LogP contribution in [0.3, 0.4) is 0 Å². The molecule has 8 heteroatoms. The van der Waals surface area contributed by atoms with Crippen LogP contribution in [0.5, 0.6) is 0 Å². The SMILES string of the molecule is CCOC(=O)c1c(NC(=O)CN(C)Cc2ccccc2F)sc(C(C)=O)c1C. The van der Waals surface area contributed by atoms with Gasteiger partial charge in [0.25, 0.3) is 0 Å². The first-order valence-corrected chi connectivity index (χ1v) is 9.59. The molecule has 0 bridgehead atoms. The van der Waals surface area contributed by atoms with Crippen LogP contribution >= 0.6 is 11.3 Å². The van der Waals surface area contributed by atoms with Gasteiger partial charge in [0.05, 0.1) is 23.6 Å². The van der Waals surface area contributed by atoms with Crippen molar-refractivity contribution in [3.8, 4) is 0 Å². The van der Waals surface area contributed by atoms with Crippen LogP contribution < -0.4 is 5.32 Å². The number of amides is 1. The first kappa shape index (κ1) is 21.7. The first-order chi connectivity index (χ1) is 13.2. The zero-order valence-electron chi connectivity index (χ0n) is 16.3. The number of rotatable bonds is 8. The van der Waals surface area contributed by atoms with Crippen molar-refractivity contribution < 1.29 is 23.5 Å². The third-order valence-electron chi connectivity index (χ3n) is 4.01. The van der Waals surface area contributed by atoms with E-state index in [-0.39, 0.29) is 47.8 Å². The van der Waals surface area contributed by atoms with E-state index in [0.717, 1.165) is 11.3 Å². The number of hydrogen-bond donors (Lipinski definition) is 1. The number of halogens is 1. The van der Waals surface area contributed by atoms with Crippen molar-refractivity contribution in [1.82, 2.24) is 4.90 Å². The summed E-state index contributed by atoms with van der Waals surface area (Å²) in [5.41, 5.74) is 1.17. The third kappa shape index (κ3) is 5.24. The second-order valence-corrected chi connectivity index (χ2v) is 7.37. The molecule has 1 heterocycles. The van der Waals surface area contributed by atoms with E-state index >= 15 is 0 Å². The summed E-state index contributed by atoms with van der Waals surface area (Å²) in [6, 6.07) is 6.36. The summed E-state index contributed by atoms with van der Waals surface area (Å²) in [7, 11) is 1.69. The predicted octanol–water partition coefficient (Wildman–Crippen LogP) is 3.65. The van der Waals surface area contributed by atoms with Crippen LogP contribution in [0.4, 0.5) is 9.39 Å². The summed E-state index contributed by atoms with van der Waals surface area (Å²) in [4.78, 5) is 38.6. The summed E-state index contributed by atoms with van der Waals surface area (Å²) in [6.45, 7) is 5.17. The molecule has 150 valence electrons. The van der Waals surface area contributed by atoms with Gasteiger partial charge < -0.3 is 10.1 Å². The molecule has 28 heavy (non-hydrogen) atoms. The second-order valence-electron chi connectivity index (χ2n) is 6.35. The Morgan fingerprint density at radius 3 is 2.54 bits per heavy atom. The van der Waals surface area contributed by atoms with Crippen LogP contribution in [0.25, 0.3) is 0 Å². The fraction of sp³-hybridized carbons (Fsp3) is 0.350. The number of likely N-dealkylation sites (N-methyl/N-ethyl adjacent to an activating group) is 1. The van der Waals surface area contributed by atoms with Crippen molar-refractivity contribution in [2.75, 3.05) is 25.5 Å². The largest absolute Gasteiger partial charge is 0.462 e. The van der Waals surface area contributed by atoms with Crippen LogP contribution in [-0.4, -0.2) is 42.8 Å². The number of benzene rings is 1. The molecule has 6 nitrogen and oxygen atoms in total. The second kappa shape index (κ2) is 9.57. The van der Waals surface area contributed by atoms with Gasteiger partial charge in [0.2, 0.25) is 5.91 Å². The number of ketones is 1. The zero-order valence-corrected chi connectivity index (χ0v) is 17.1. The molecule has 1 N–H and O–H groups in total. The van der Waals surface area contributed by atoms with Crippen LogP contribution in [0, 0.1) is 12.7 Å². The zero-order chi connectivity index (χ0) is 20.8. The maximum atomic E-state index is 13.8. The molecule has 0 aliphatic heterocycles. The molecule has 1 aromatic carbocycles. The van der Waals surface area contributed by atoms with E-state index in [1.54, 1.807) is 44.0 Å². The average molecular weight is 406 g/mol. The number of ether oxygens (including phenoxy) is 1. The van der Waals surface area contributed by atoms with E-state index in [1.165, 1.54) is 13.0 Å². The molecule has 0 aliphatic carbocycles. The van der Waals surface area contributed by atoms with E-state index in [0.29, 0.717) is 16.0 Å². The molecule has 0 aliphatic rings. The molecule has 0 saturated heterocycles. The van der Waals surface area contributed by atoms with E-state index < -0.39 is 5.97 Å². The Morgan fingerprint density at radius 2 is 1.93 bits per heavy atom. The lowest BCUT2D eigenvalue weighted by molar-refractivity contribution is -0.117. The molecule has 0 unspecified atom stereocenters. The molecule has 2 aromatic rings. The Kier molecular flexibility index (Phi) is 7.42. The molecular weight excluding hydrogens is 383 g/mol. The van der Waals surface area contributed by atoms with Crippen molar-refractivity contribution in [1.29, 1.82) is 0 Å². The summed E-state index contributed by atoms with van der Waals surface area (Å²) in [5, 5.41) is 2.97. The van der Waals surface area contributed by atoms with Crippen LogP contribution in [0.15, 0.2) is 24.3 Å². The van der Waals surface area contributed by atoms with Crippen molar-refractivity contribution in [2.45, 2.75) is 27.3 Å². The van der Waals surface area contributed by atoms with Gasteiger partial charge >= 0.3 is 5.97 Å². The minimum atomic E-state index is -0.584. The van der Waals surface area contributed by atoms with E-state index in [2.05, 4.69) is 5.32 Å². The molecule has 0 atom stereocenters. The lowest BCUT2D eigenvalue weighted by Gasteiger charge is -2.16. The lowest BCUT2D eigenvalue weighted by atomic mass is 10.1. The molecule has 0 fully saturated rings. The van der Waals surface area contributed by atoms with E-state index in [9.17, 15) is 18.8 Å². The molecule has 0 radical (unpaired) electrons. The normalized spacial score (nSPS) is 10.8. The minimum Gasteiger partial charge on any atom is -0.462 e. The molecule has 2 rings (SSSR count). The summed E-state index contributed by atoms with van der Waals surface area (Å²) in [6.07, 6.45) is 0. The topological polar surface area (TPSA) is 75.7 Å².